The van der Waals surface area contributed by atoms with Crippen molar-refractivity contribution in [3.05, 3.63) is 0 Å². The molecule has 0 aromatic rings. The summed E-state index contributed by atoms with van der Waals surface area (Å²) < 4.78 is 0. The molecule has 0 heterocycles. The first-order valence-corrected chi connectivity index (χ1v) is 6.20. The van der Waals surface area contributed by atoms with Crippen molar-refractivity contribution >= 4 is 29.9 Å². The van der Waals surface area contributed by atoms with Crippen molar-refractivity contribution in [3.8, 4) is 0 Å². The zero-order valence-corrected chi connectivity index (χ0v) is 12.7. The lowest BCUT2D eigenvalue weighted by atomic mass is 9.67. The van der Waals surface area contributed by atoms with E-state index in [2.05, 4.69) is 23.9 Å². The molecule has 0 atom stereocenters. The summed E-state index contributed by atoms with van der Waals surface area (Å²) in [4.78, 5) is 6.71. The van der Waals surface area contributed by atoms with Crippen molar-refractivity contribution < 1.29 is 0 Å². The number of hydrogen-bond donors (Lipinski definition) is 1. The second-order valence-corrected chi connectivity index (χ2v) is 5.22. The van der Waals surface area contributed by atoms with Crippen LogP contribution in [0, 0.1) is 5.41 Å². The summed E-state index contributed by atoms with van der Waals surface area (Å²) >= 11 is 0. The van der Waals surface area contributed by atoms with Gasteiger partial charge in [0.25, 0.3) is 0 Å². The van der Waals surface area contributed by atoms with E-state index in [0.29, 0.717) is 11.5 Å². The molecule has 0 spiro atoms. The van der Waals surface area contributed by atoms with Crippen LogP contribution in [-0.4, -0.2) is 30.5 Å². The van der Waals surface area contributed by atoms with Crippen LogP contribution < -0.4 is 5.73 Å². The third kappa shape index (κ3) is 3.02. The molecule has 94 valence electrons. The largest absolute Gasteiger partial charge is 0.370 e. The van der Waals surface area contributed by atoms with Gasteiger partial charge in [-0.15, -0.1) is 24.0 Å². The topological polar surface area (TPSA) is 41.6 Å². The molecule has 2 saturated carbocycles. The quantitative estimate of drug-likeness (QED) is 0.487. The fraction of sp³-hybridized carbons (Fsp3) is 0.917. The van der Waals surface area contributed by atoms with Crippen molar-refractivity contribution in [1.29, 1.82) is 0 Å². The van der Waals surface area contributed by atoms with Gasteiger partial charge in [-0.05, 0) is 37.5 Å². The lowest BCUT2D eigenvalue weighted by Gasteiger charge is -2.40. The number of halogens is 1. The van der Waals surface area contributed by atoms with Gasteiger partial charge < -0.3 is 10.6 Å². The van der Waals surface area contributed by atoms with Crippen molar-refractivity contribution in [2.75, 3.05) is 13.6 Å². The average Bonchev–Trinajstić information content (AvgIpc) is 2.98. The third-order valence-corrected chi connectivity index (χ3v) is 4.20. The van der Waals surface area contributed by atoms with Crippen LogP contribution in [0.15, 0.2) is 4.99 Å². The minimum absolute atomic E-state index is 0. The Kier molecular flexibility index (Phi) is 4.88. The average molecular weight is 337 g/mol. The highest BCUT2D eigenvalue weighted by Crippen LogP contribution is 2.43. The van der Waals surface area contributed by atoms with Gasteiger partial charge >= 0.3 is 0 Å². The Bertz CT molecular complexity index is 251. The maximum Gasteiger partial charge on any atom is 0.191 e. The molecule has 0 aliphatic heterocycles. The Balaban J connectivity index is 0.00000128. The van der Waals surface area contributed by atoms with Gasteiger partial charge in [0.05, 0.1) is 0 Å². The molecule has 0 aromatic carbocycles. The standard InChI is InChI=1S/C12H23N3.HI/c1-3-12(7-4-8-12)9-14-11(13)15(2)10-5-6-10;/h10H,3-9H2,1-2H3,(H2,13,14);1H. The molecule has 16 heavy (non-hydrogen) atoms. The molecule has 0 bridgehead atoms. The summed E-state index contributed by atoms with van der Waals surface area (Å²) in [5.74, 6) is 0.747. The molecule has 0 saturated heterocycles. The first-order chi connectivity index (χ1) is 7.17. The molecule has 3 nitrogen and oxygen atoms in total. The van der Waals surface area contributed by atoms with Gasteiger partial charge in [0.1, 0.15) is 0 Å². The second kappa shape index (κ2) is 5.56. The summed E-state index contributed by atoms with van der Waals surface area (Å²) in [5, 5.41) is 0. The normalized spacial score (nSPS) is 23.2. The van der Waals surface area contributed by atoms with E-state index in [4.69, 9.17) is 5.73 Å². The van der Waals surface area contributed by atoms with Gasteiger partial charge in [-0.1, -0.05) is 13.3 Å². The van der Waals surface area contributed by atoms with Crippen LogP contribution in [0.5, 0.6) is 0 Å². The fourth-order valence-electron chi connectivity index (χ4n) is 2.31. The predicted octanol–water partition coefficient (Wildman–Crippen LogP) is 2.59. The van der Waals surface area contributed by atoms with Crippen molar-refractivity contribution in [1.82, 2.24) is 4.90 Å². The molecule has 0 unspecified atom stereocenters. The Labute approximate surface area is 116 Å². The number of nitrogens with two attached hydrogens (primary N) is 1. The zero-order chi connectivity index (χ0) is 10.9. The molecule has 2 aliphatic carbocycles. The van der Waals surface area contributed by atoms with Crippen LogP contribution in [0.2, 0.25) is 0 Å². The third-order valence-electron chi connectivity index (χ3n) is 4.20. The molecule has 0 amide bonds. The number of rotatable bonds is 4. The van der Waals surface area contributed by atoms with Crippen LogP contribution in [0.3, 0.4) is 0 Å². The zero-order valence-electron chi connectivity index (χ0n) is 10.4. The monoisotopic (exact) mass is 337 g/mol. The first kappa shape index (κ1) is 14.1. The van der Waals surface area contributed by atoms with E-state index >= 15 is 0 Å². The number of nitrogens with zero attached hydrogens (tertiary/aromatic N) is 2. The van der Waals surface area contributed by atoms with Crippen molar-refractivity contribution in [2.24, 2.45) is 16.1 Å². The molecular formula is C12H24IN3. The van der Waals surface area contributed by atoms with Crippen LogP contribution in [0.4, 0.5) is 0 Å². The SMILES string of the molecule is CCC1(CN=C(N)N(C)C2CC2)CCC1.I. The van der Waals surface area contributed by atoms with Crippen molar-refractivity contribution in [3.63, 3.8) is 0 Å². The first-order valence-electron chi connectivity index (χ1n) is 6.20. The van der Waals surface area contributed by atoms with Crippen LogP contribution in [0.1, 0.15) is 45.4 Å². The highest BCUT2D eigenvalue weighted by Gasteiger charge is 2.35. The molecule has 2 N–H and O–H groups in total. The van der Waals surface area contributed by atoms with E-state index in [-0.39, 0.29) is 24.0 Å². The van der Waals surface area contributed by atoms with Crippen LogP contribution in [-0.2, 0) is 0 Å². The van der Waals surface area contributed by atoms with E-state index < -0.39 is 0 Å². The maximum absolute atomic E-state index is 5.97. The number of hydrogen-bond acceptors (Lipinski definition) is 1. The van der Waals surface area contributed by atoms with Gasteiger partial charge in [0.15, 0.2) is 5.96 Å². The van der Waals surface area contributed by atoms with Crippen LogP contribution >= 0.6 is 24.0 Å². The predicted molar refractivity (Wildman–Crippen MR) is 79.3 cm³/mol. The summed E-state index contributed by atoms with van der Waals surface area (Å²) in [6.07, 6.45) is 7.87. The van der Waals surface area contributed by atoms with Gasteiger partial charge in [-0.3, -0.25) is 4.99 Å². The summed E-state index contributed by atoms with van der Waals surface area (Å²) in [6, 6.07) is 0.674. The minimum Gasteiger partial charge on any atom is -0.370 e. The lowest BCUT2D eigenvalue weighted by Crippen LogP contribution is -2.38. The summed E-state index contributed by atoms with van der Waals surface area (Å²) in [6.45, 7) is 3.21. The Morgan fingerprint density at radius 2 is 2.06 bits per heavy atom. The molecule has 2 aliphatic rings. The lowest BCUT2D eigenvalue weighted by molar-refractivity contribution is 0.139. The molecule has 2 rings (SSSR count). The van der Waals surface area contributed by atoms with E-state index in [1.54, 1.807) is 0 Å². The van der Waals surface area contributed by atoms with E-state index in [1.807, 2.05) is 0 Å². The minimum atomic E-state index is 0. The smallest absolute Gasteiger partial charge is 0.191 e. The second-order valence-electron chi connectivity index (χ2n) is 5.22. The maximum atomic E-state index is 5.97. The Morgan fingerprint density at radius 1 is 1.44 bits per heavy atom. The Morgan fingerprint density at radius 3 is 2.44 bits per heavy atom. The van der Waals surface area contributed by atoms with E-state index in [0.717, 1.165) is 12.5 Å². The highest BCUT2D eigenvalue weighted by atomic mass is 127. The van der Waals surface area contributed by atoms with Crippen LogP contribution in [0.25, 0.3) is 0 Å². The molecule has 4 heteroatoms. The molecule has 2 fully saturated rings. The highest BCUT2D eigenvalue weighted by molar-refractivity contribution is 14.0. The Hall–Kier alpha value is 0. The van der Waals surface area contributed by atoms with Gasteiger partial charge in [-0.25, -0.2) is 0 Å². The van der Waals surface area contributed by atoms with Gasteiger partial charge in [0, 0.05) is 19.6 Å². The molecular weight excluding hydrogens is 313 g/mol. The molecule has 0 radical (unpaired) electrons. The number of aliphatic imine (C=N–C) groups is 1. The number of guanidine groups is 1. The summed E-state index contributed by atoms with van der Waals surface area (Å²) in [5.41, 5.74) is 6.47. The van der Waals surface area contributed by atoms with E-state index in [1.165, 1.54) is 38.5 Å². The van der Waals surface area contributed by atoms with Crippen molar-refractivity contribution in [2.45, 2.75) is 51.5 Å². The molecule has 0 aromatic heterocycles. The van der Waals surface area contributed by atoms with Gasteiger partial charge in [0.2, 0.25) is 0 Å². The fourth-order valence-corrected chi connectivity index (χ4v) is 2.31. The van der Waals surface area contributed by atoms with E-state index in [9.17, 15) is 0 Å². The van der Waals surface area contributed by atoms with Gasteiger partial charge in [-0.2, -0.15) is 0 Å². The summed E-state index contributed by atoms with van der Waals surface area (Å²) in [7, 11) is 2.07.